The molecule has 0 radical (unpaired) electrons. The first kappa shape index (κ1) is 12.2. The molecule has 0 heterocycles. The Bertz CT molecular complexity index is 381. The first-order valence-electron chi connectivity index (χ1n) is 3.97. The largest absolute Gasteiger partial charge is 0.419 e. The molecule has 0 fully saturated rings. The molecule has 0 aromatic heterocycles. The molecule has 1 rings (SSSR count). The second-order valence-corrected chi connectivity index (χ2v) is 3.46. The van der Waals surface area contributed by atoms with Crippen molar-refractivity contribution >= 4 is 21.5 Å². The molecular formula is C10H7BrF4. The number of halogens is 5. The van der Waals surface area contributed by atoms with Crippen LogP contribution in [-0.4, -0.2) is 5.33 Å². The number of hydrogen-bond donors (Lipinski definition) is 0. The number of allylic oxidation sites excluding steroid dienone is 1. The van der Waals surface area contributed by atoms with Crippen LogP contribution < -0.4 is 0 Å². The molecule has 0 nitrogen and oxygen atoms in total. The topological polar surface area (TPSA) is 0 Å². The molecule has 5 heteroatoms. The Morgan fingerprint density at radius 3 is 2.40 bits per heavy atom. The summed E-state index contributed by atoms with van der Waals surface area (Å²) in [4.78, 5) is 0. The smallest absolute Gasteiger partial charge is 0.206 e. The average Bonchev–Trinajstić information content (AvgIpc) is 2.15. The maximum atomic E-state index is 13.4. The maximum absolute atomic E-state index is 13.4. The molecule has 82 valence electrons. The van der Waals surface area contributed by atoms with E-state index < -0.39 is 17.6 Å². The minimum absolute atomic E-state index is 0.110. The third kappa shape index (κ3) is 2.59. The van der Waals surface area contributed by atoms with Crippen LogP contribution in [0.25, 0.3) is 5.57 Å². The quantitative estimate of drug-likeness (QED) is 0.562. The van der Waals surface area contributed by atoms with Crippen LogP contribution in [0, 0.1) is 5.82 Å². The van der Waals surface area contributed by atoms with Crippen LogP contribution in [0.15, 0.2) is 24.8 Å². The molecule has 0 aliphatic rings. The number of hydrogen-bond acceptors (Lipinski definition) is 0. The Morgan fingerprint density at radius 1 is 1.33 bits per heavy atom. The Hall–Kier alpha value is -0.840. The zero-order valence-electron chi connectivity index (χ0n) is 7.54. The molecule has 1 aromatic rings. The van der Waals surface area contributed by atoms with E-state index >= 15 is 0 Å². The standard InChI is InChI=1S/C10H7BrF4/c1-6(5-11)7-3-2-4-8(9(7)12)10(13,14)15/h2-4H,1,5H2. The van der Waals surface area contributed by atoms with Gasteiger partial charge in [0.2, 0.25) is 0 Å². The summed E-state index contributed by atoms with van der Waals surface area (Å²) in [7, 11) is 0. The number of rotatable bonds is 2. The zero-order chi connectivity index (χ0) is 11.6. The summed E-state index contributed by atoms with van der Waals surface area (Å²) < 4.78 is 50.3. The summed E-state index contributed by atoms with van der Waals surface area (Å²) in [6, 6.07) is 3.14. The van der Waals surface area contributed by atoms with Crippen molar-refractivity contribution in [3.8, 4) is 0 Å². The Morgan fingerprint density at radius 2 is 1.93 bits per heavy atom. The molecule has 0 bridgehead atoms. The predicted octanol–water partition coefficient (Wildman–Crippen LogP) is 4.25. The van der Waals surface area contributed by atoms with Crippen molar-refractivity contribution in [1.82, 2.24) is 0 Å². The second kappa shape index (κ2) is 4.35. The van der Waals surface area contributed by atoms with Gasteiger partial charge in [0.1, 0.15) is 5.82 Å². The fraction of sp³-hybridized carbons (Fsp3) is 0.200. The highest BCUT2D eigenvalue weighted by atomic mass is 79.9. The molecule has 1 aromatic carbocycles. The van der Waals surface area contributed by atoms with Crippen molar-refractivity contribution in [2.75, 3.05) is 5.33 Å². The van der Waals surface area contributed by atoms with Crippen LogP contribution in [0.4, 0.5) is 17.6 Å². The summed E-state index contributed by atoms with van der Waals surface area (Å²) in [5, 5.41) is 0.227. The lowest BCUT2D eigenvalue weighted by Crippen LogP contribution is -2.09. The summed E-state index contributed by atoms with van der Waals surface area (Å²) in [6.07, 6.45) is -4.67. The number of benzene rings is 1. The molecule has 0 spiro atoms. The predicted molar refractivity (Wildman–Crippen MR) is 54.2 cm³/mol. The van der Waals surface area contributed by atoms with Crippen LogP contribution in [0.3, 0.4) is 0 Å². The summed E-state index contributed by atoms with van der Waals surface area (Å²) in [5.74, 6) is -1.27. The molecule has 0 unspecified atom stereocenters. The van der Waals surface area contributed by atoms with Crippen LogP contribution >= 0.6 is 15.9 Å². The highest BCUT2D eigenvalue weighted by molar-refractivity contribution is 9.09. The van der Waals surface area contributed by atoms with Gasteiger partial charge < -0.3 is 0 Å². The monoisotopic (exact) mass is 282 g/mol. The van der Waals surface area contributed by atoms with Crippen molar-refractivity contribution in [1.29, 1.82) is 0 Å². The average molecular weight is 283 g/mol. The third-order valence-electron chi connectivity index (χ3n) is 1.85. The van der Waals surface area contributed by atoms with Gasteiger partial charge in [0.05, 0.1) is 5.56 Å². The summed E-state index contributed by atoms with van der Waals surface area (Å²) >= 11 is 3.01. The fourth-order valence-electron chi connectivity index (χ4n) is 1.10. The van der Waals surface area contributed by atoms with Gasteiger partial charge in [-0.25, -0.2) is 4.39 Å². The summed E-state index contributed by atoms with van der Waals surface area (Å²) in [5.41, 5.74) is -1.09. The van der Waals surface area contributed by atoms with Gasteiger partial charge in [0, 0.05) is 10.9 Å². The van der Waals surface area contributed by atoms with E-state index in [1.54, 1.807) is 0 Å². The van der Waals surface area contributed by atoms with Crippen LogP contribution in [-0.2, 0) is 6.18 Å². The van der Waals surface area contributed by atoms with E-state index in [1.807, 2.05) is 0 Å². The van der Waals surface area contributed by atoms with Gasteiger partial charge in [0.15, 0.2) is 0 Å². The maximum Gasteiger partial charge on any atom is 0.419 e. The van der Waals surface area contributed by atoms with Gasteiger partial charge in [-0.3, -0.25) is 0 Å². The van der Waals surface area contributed by atoms with Gasteiger partial charge in [-0.15, -0.1) is 0 Å². The zero-order valence-corrected chi connectivity index (χ0v) is 9.12. The lowest BCUT2D eigenvalue weighted by molar-refractivity contribution is -0.140. The number of alkyl halides is 4. The Kier molecular flexibility index (Phi) is 3.54. The van der Waals surface area contributed by atoms with E-state index in [0.717, 1.165) is 6.07 Å². The molecule has 0 atom stereocenters. The third-order valence-corrected chi connectivity index (χ3v) is 2.52. The Balaban J connectivity index is 3.30. The molecule has 0 amide bonds. The van der Waals surface area contributed by atoms with E-state index in [0.29, 0.717) is 6.07 Å². The van der Waals surface area contributed by atoms with Crippen molar-refractivity contribution < 1.29 is 17.6 Å². The van der Waals surface area contributed by atoms with Gasteiger partial charge in [-0.1, -0.05) is 34.6 Å². The first-order valence-corrected chi connectivity index (χ1v) is 5.10. The van der Waals surface area contributed by atoms with Gasteiger partial charge in [-0.2, -0.15) is 13.2 Å². The molecule has 0 aliphatic heterocycles. The minimum atomic E-state index is -4.67. The van der Waals surface area contributed by atoms with Crippen LogP contribution in [0.5, 0.6) is 0 Å². The van der Waals surface area contributed by atoms with Crippen LogP contribution in [0.2, 0.25) is 0 Å². The van der Waals surface area contributed by atoms with Crippen molar-refractivity contribution in [2.24, 2.45) is 0 Å². The van der Waals surface area contributed by atoms with Crippen molar-refractivity contribution in [3.63, 3.8) is 0 Å². The fourth-order valence-corrected chi connectivity index (χ4v) is 1.40. The van der Waals surface area contributed by atoms with Gasteiger partial charge >= 0.3 is 6.18 Å². The van der Waals surface area contributed by atoms with E-state index in [1.165, 1.54) is 6.07 Å². The molecule has 0 N–H and O–H groups in total. The van der Waals surface area contributed by atoms with Gasteiger partial charge in [0.25, 0.3) is 0 Å². The summed E-state index contributed by atoms with van der Waals surface area (Å²) in [6.45, 7) is 3.47. The lowest BCUT2D eigenvalue weighted by atomic mass is 10.0. The van der Waals surface area contributed by atoms with E-state index in [9.17, 15) is 17.6 Å². The lowest BCUT2D eigenvalue weighted by Gasteiger charge is -2.11. The molecule has 15 heavy (non-hydrogen) atoms. The highest BCUT2D eigenvalue weighted by Gasteiger charge is 2.34. The van der Waals surface area contributed by atoms with E-state index in [2.05, 4.69) is 22.5 Å². The van der Waals surface area contributed by atoms with E-state index in [4.69, 9.17) is 0 Å². The molecule has 0 aliphatic carbocycles. The normalized spacial score (nSPS) is 11.5. The SMILES string of the molecule is C=C(CBr)c1cccc(C(F)(F)F)c1F. The molecule has 0 saturated heterocycles. The minimum Gasteiger partial charge on any atom is -0.206 e. The van der Waals surface area contributed by atoms with Crippen molar-refractivity contribution in [3.05, 3.63) is 41.7 Å². The Labute approximate surface area is 92.7 Å². The van der Waals surface area contributed by atoms with Crippen molar-refractivity contribution in [2.45, 2.75) is 6.18 Å². The molecule has 0 saturated carbocycles. The first-order chi connectivity index (χ1) is 6.88. The van der Waals surface area contributed by atoms with E-state index in [-0.39, 0.29) is 16.5 Å². The van der Waals surface area contributed by atoms with Gasteiger partial charge in [-0.05, 0) is 11.6 Å². The second-order valence-electron chi connectivity index (χ2n) is 2.90. The molecular weight excluding hydrogens is 276 g/mol. The van der Waals surface area contributed by atoms with Crippen LogP contribution in [0.1, 0.15) is 11.1 Å². The highest BCUT2D eigenvalue weighted by Crippen LogP contribution is 2.33.